The van der Waals surface area contributed by atoms with Crippen molar-refractivity contribution >= 4 is 24.8 Å². The zero-order valence-electron chi connectivity index (χ0n) is 8.13. The van der Waals surface area contributed by atoms with Crippen LogP contribution in [0.3, 0.4) is 0 Å². The molecule has 1 unspecified atom stereocenters. The van der Waals surface area contributed by atoms with Gasteiger partial charge in [0.1, 0.15) is 0 Å². The Morgan fingerprint density at radius 1 is 1.23 bits per heavy atom. The van der Waals surface area contributed by atoms with Gasteiger partial charge in [-0.2, -0.15) is 0 Å². The van der Waals surface area contributed by atoms with Crippen LogP contribution >= 0.6 is 24.8 Å². The third-order valence-corrected chi connectivity index (χ3v) is 2.47. The van der Waals surface area contributed by atoms with Crippen LogP contribution in [0, 0.1) is 5.92 Å². The van der Waals surface area contributed by atoms with Gasteiger partial charge in [-0.1, -0.05) is 6.42 Å². The second-order valence-electron chi connectivity index (χ2n) is 3.50. The van der Waals surface area contributed by atoms with Gasteiger partial charge in [-0.25, -0.2) is 0 Å². The number of piperidine rings is 1. The molecule has 1 aliphatic rings. The van der Waals surface area contributed by atoms with Crippen LogP contribution in [0.2, 0.25) is 0 Å². The molecule has 1 aliphatic heterocycles. The van der Waals surface area contributed by atoms with Gasteiger partial charge in [0.05, 0.1) is 0 Å². The third-order valence-electron chi connectivity index (χ3n) is 2.47. The Bertz CT molecular complexity index is 95.6. The predicted molar refractivity (Wildman–Crippen MR) is 63.0 cm³/mol. The van der Waals surface area contributed by atoms with Crippen LogP contribution < -0.4 is 11.1 Å². The van der Waals surface area contributed by atoms with Crippen molar-refractivity contribution in [2.45, 2.75) is 32.1 Å². The normalized spacial score (nSPS) is 21.5. The molecule has 0 spiro atoms. The zero-order valence-corrected chi connectivity index (χ0v) is 9.76. The summed E-state index contributed by atoms with van der Waals surface area (Å²) in [6.07, 6.45) is 6.70. The molecule has 0 aromatic carbocycles. The van der Waals surface area contributed by atoms with E-state index in [0.717, 1.165) is 12.5 Å². The van der Waals surface area contributed by atoms with E-state index in [0.29, 0.717) is 0 Å². The summed E-state index contributed by atoms with van der Waals surface area (Å²) >= 11 is 0. The van der Waals surface area contributed by atoms with E-state index >= 15 is 0 Å². The van der Waals surface area contributed by atoms with E-state index in [2.05, 4.69) is 5.32 Å². The molecule has 13 heavy (non-hydrogen) atoms. The fraction of sp³-hybridized carbons (Fsp3) is 1.00. The Balaban J connectivity index is 0. The Kier molecular flexibility index (Phi) is 13.0. The standard InChI is InChI=1S/C9H20N2.2ClH/c10-6-2-1-4-9-5-3-7-11-8-9;;/h9,11H,1-8,10H2;2*1H. The monoisotopic (exact) mass is 228 g/mol. The number of nitrogens with two attached hydrogens (primary N) is 1. The van der Waals surface area contributed by atoms with Gasteiger partial charge in [0.25, 0.3) is 0 Å². The van der Waals surface area contributed by atoms with Crippen LogP contribution in [0.25, 0.3) is 0 Å². The van der Waals surface area contributed by atoms with Crippen molar-refractivity contribution in [3.05, 3.63) is 0 Å². The van der Waals surface area contributed by atoms with Crippen molar-refractivity contribution in [3.8, 4) is 0 Å². The second-order valence-corrected chi connectivity index (χ2v) is 3.50. The van der Waals surface area contributed by atoms with E-state index in [1.807, 2.05) is 0 Å². The lowest BCUT2D eigenvalue weighted by molar-refractivity contribution is 0.348. The fourth-order valence-corrected chi connectivity index (χ4v) is 1.75. The fourth-order valence-electron chi connectivity index (χ4n) is 1.75. The van der Waals surface area contributed by atoms with Crippen molar-refractivity contribution in [2.75, 3.05) is 19.6 Å². The summed E-state index contributed by atoms with van der Waals surface area (Å²) in [5.41, 5.74) is 5.43. The molecular weight excluding hydrogens is 207 g/mol. The van der Waals surface area contributed by atoms with Crippen LogP contribution in [0.5, 0.6) is 0 Å². The lowest BCUT2D eigenvalue weighted by Gasteiger charge is -2.22. The summed E-state index contributed by atoms with van der Waals surface area (Å²) in [6.45, 7) is 3.33. The van der Waals surface area contributed by atoms with E-state index in [4.69, 9.17) is 5.73 Å². The molecule has 0 bridgehead atoms. The largest absolute Gasteiger partial charge is 0.330 e. The predicted octanol–water partition coefficient (Wildman–Crippen LogP) is 1.96. The smallest absolute Gasteiger partial charge is 0.00205 e. The maximum atomic E-state index is 5.43. The van der Waals surface area contributed by atoms with E-state index in [9.17, 15) is 0 Å². The first kappa shape index (κ1) is 15.9. The molecule has 0 radical (unpaired) electrons. The molecule has 0 amide bonds. The minimum absolute atomic E-state index is 0. The van der Waals surface area contributed by atoms with Crippen molar-refractivity contribution in [1.82, 2.24) is 5.32 Å². The highest BCUT2D eigenvalue weighted by atomic mass is 35.5. The van der Waals surface area contributed by atoms with Crippen LogP contribution in [0.4, 0.5) is 0 Å². The van der Waals surface area contributed by atoms with Crippen LogP contribution in [-0.2, 0) is 0 Å². The first-order valence-electron chi connectivity index (χ1n) is 4.84. The molecule has 0 aromatic rings. The van der Waals surface area contributed by atoms with Crippen molar-refractivity contribution < 1.29 is 0 Å². The maximum absolute atomic E-state index is 5.43. The lowest BCUT2D eigenvalue weighted by atomic mass is 9.94. The molecule has 1 saturated heterocycles. The zero-order chi connectivity index (χ0) is 7.94. The van der Waals surface area contributed by atoms with Gasteiger partial charge in [0.2, 0.25) is 0 Å². The molecule has 0 saturated carbocycles. The van der Waals surface area contributed by atoms with Gasteiger partial charge >= 0.3 is 0 Å². The minimum Gasteiger partial charge on any atom is -0.330 e. The summed E-state index contributed by atoms with van der Waals surface area (Å²) in [6, 6.07) is 0. The highest BCUT2D eigenvalue weighted by Crippen LogP contribution is 2.16. The van der Waals surface area contributed by atoms with E-state index in [-0.39, 0.29) is 24.8 Å². The Labute approximate surface area is 93.8 Å². The van der Waals surface area contributed by atoms with Gasteiger partial charge in [0.15, 0.2) is 0 Å². The molecule has 4 heteroatoms. The molecular formula is C9H22Cl2N2. The van der Waals surface area contributed by atoms with E-state index in [1.54, 1.807) is 0 Å². The Morgan fingerprint density at radius 2 is 2.00 bits per heavy atom. The highest BCUT2D eigenvalue weighted by molar-refractivity contribution is 5.85. The Morgan fingerprint density at radius 3 is 2.54 bits per heavy atom. The van der Waals surface area contributed by atoms with Crippen LogP contribution in [0.15, 0.2) is 0 Å². The average Bonchev–Trinajstić information content (AvgIpc) is 2.07. The first-order chi connectivity index (χ1) is 5.43. The molecule has 3 N–H and O–H groups in total. The van der Waals surface area contributed by atoms with Crippen molar-refractivity contribution in [2.24, 2.45) is 11.7 Å². The molecule has 1 heterocycles. The number of hydrogen-bond acceptors (Lipinski definition) is 2. The quantitative estimate of drug-likeness (QED) is 0.723. The van der Waals surface area contributed by atoms with E-state index < -0.39 is 0 Å². The second kappa shape index (κ2) is 10.6. The number of unbranched alkanes of at least 4 members (excludes halogenated alkanes) is 1. The highest BCUT2D eigenvalue weighted by Gasteiger charge is 2.11. The maximum Gasteiger partial charge on any atom is -0.00205 e. The molecule has 1 fully saturated rings. The topological polar surface area (TPSA) is 38.0 Å². The number of rotatable bonds is 4. The van der Waals surface area contributed by atoms with E-state index in [1.165, 1.54) is 45.2 Å². The number of nitrogens with one attached hydrogen (secondary N) is 1. The molecule has 2 nitrogen and oxygen atoms in total. The van der Waals surface area contributed by atoms with Gasteiger partial charge < -0.3 is 11.1 Å². The molecule has 1 rings (SSSR count). The van der Waals surface area contributed by atoms with Crippen LogP contribution in [-0.4, -0.2) is 19.6 Å². The average molecular weight is 229 g/mol. The number of hydrogen-bond donors (Lipinski definition) is 2. The van der Waals surface area contributed by atoms with Crippen LogP contribution in [0.1, 0.15) is 32.1 Å². The van der Waals surface area contributed by atoms with Gasteiger partial charge in [-0.15, -0.1) is 24.8 Å². The van der Waals surface area contributed by atoms with Gasteiger partial charge in [0, 0.05) is 0 Å². The summed E-state index contributed by atoms with van der Waals surface area (Å²) in [5.74, 6) is 0.940. The summed E-state index contributed by atoms with van der Waals surface area (Å²) < 4.78 is 0. The third kappa shape index (κ3) is 7.56. The minimum atomic E-state index is 0. The first-order valence-corrected chi connectivity index (χ1v) is 4.84. The van der Waals surface area contributed by atoms with Crippen molar-refractivity contribution in [1.29, 1.82) is 0 Å². The van der Waals surface area contributed by atoms with Gasteiger partial charge in [-0.05, 0) is 51.2 Å². The molecule has 82 valence electrons. The lowest BCUT2D eigenvalue weighted by Crippen LogP contribution is -2.29. The SMILES string of the molecule is Cl.Cl.NCCCCC1CCCNC1. The summed E-state index contributed by atoms with van der Waals surface area (Å²) in [7, 11) is 0. The molecule has 1 atom stereocenters. The summed E-state index contributed by atoms with van der Waals surface area (Å²) in [5, 5.41) is 3.43. The van der Waals surface area contributed by atoms with Crippen molar-refractivity contribution in [3.63, 3.8) is 0 Å². The van der Waals surface area contributed by atoms with Gasteiger partial charge in [-0.3, -0.25) is 0 Å². The molecule has 0 aromatic heterocycles. The number of halogens is 2. The molecule has 0 aliphatic carbocycles. The summed E-state index contributed by atoms with van der Waals surface area (Å²) in [4.78, 5) is 0. The Hall–Kier alpha value is 0.500.